The molecule has 3 aliphatic rings. The highest BCUT2D eigenvalue weighted by Gasteiger charge is 2.63. The lowest BCUT2D eigenvalue weighted by atomic mass is 9.55. The molecule has 1 aromatic carbocycles. The average molecular weight is 494 g/mol. The van der Waals surface area contributed by atoms with E-state index < -0.39 is 5.41 Å². The van der Waals surface area contributed by atoms with Gasteiger partial charge < -0.3 is 15.3 Å². The van der Waals surface area contributed by atoms with E-state index in [4.69, 9.17) is 0 Å². The quantitative estimate of drug-likeness (QED) is 0.381. The number of carbonyl (C=O) groups is 2. The van der Waals surface area contributed by atoms with Crippen molar-refractivity contribution in [2.45, 2.75) is 52.0 Å². The Bertz CT molecular complexity index is 1480. The molecule has 37 heavy (non-hydrogen) atoms. The second kappa shape index (κ2) is 8.76. The van der Waals surface area contributed by atoms with Crippen molar-refractivity contribution in [3.05, 3.63) is 95.0 Å². The van der Waals surface area contributed by atoms with Gasteiger partial charge in [-0.15, -0.1) is 0 Å². The van der Waals surface area contributed by atoms with Gasteiger partial charge in [-0.2, -0.15) is 0 Å². The summed E-state index contributed by atoms with van der Waals surface area (Å²) in [5.41, 5.74) is 4.97. The van der Waals surface area contributed by atoms with Crippen molar-refractivity contribution in [3.63, 3.8) is 0 Å². The molecule has 1 amide bonds. The lowest BCUT2D eigenvalue weighted by molar-refractivity contribution is -0.126. The maximum absolute atomic E-state index is 14.3. The molecule has 1 unspecified atom stereocenters. The van der Waals surface area contributed by atoms with E-state index in [9.17, 15) is 9.59 Å². The second-order valence-corrected chi connectivity index (χ2v) is 11.4. The van der Waals surface area contributed by atoms with E-state index in [-0.39, 0.29) is 41.4 Å². The molecule has 5 heteroatoms. The monoisotopic (exact) mass is 493 g/mol. The first-order valence-electron chi connectivity index (χ1n) is 13.4. The predicted octanol–water partition coefficient (Wildman–Crippen LogP) is 6.03. The van der Waals surface area contributed by atoms with Gasteiger partial charge in [0.1, 0.15) is 5.41 Å². The number of benzene rings is 1. The summed E-state index contributed by atoms with van der Waals surface area (Å²) >= 11 is 0. The van der Waals surface area contributed by atoms with Gasteiger partial charge in [-0.25, -0.2) is 0 Å². The van der Waals surface area contributed by atoms with Gasteiger partial charge in [-0.05, 0) is 67.9 Å². The van der Waals surface area contributed by atoms with Gasteiger partial charge >= 0.3 is 0 Å². The number of Topliss-reactive ketones (excluding diaryl/α,β-unsaturated/α-hetero) is 1. The first-order chi connectivity index (χ1) is 17.8. The second-order valence-electron chi connectivity index (χ2n) is 11.4. The Hall–Kier alpha value is -3.60. The summed E-state index contributed by atoms with van der Waals surface area (Å²) in [7, 11) is 0. The van der Waals surface area contributed by atoms with Gasteiger partial charge in [-0.3, -0.25) is 9.59 Å². The first kappa shape index (κ1) is 23.8. The standard InChI is InChI=1S/C32H35N3O2/c1-18-8-7-9-23-15-19(2)21(4)29-27(16-22-17-33-25-11-6-5-10-24(22)25)35-31(37)32(23,29)28-13-12-26(34-28)30(36)20(3)14-18/h5-7,9-15,17-18,21,23,27,29,33-34H,8,16H2,1-4H3,(H,35,37)/b9-7+,20-14+/t18-,21+,23-,27-,29?,32+/m0/s1. The Kier molecular flexibility index (Phi) is 5.63. The van der Waals surface area contributed by atoms with E-state index in [0.29, 0.717) is 5.69 Å². The van der Waals surface area contributed by atoms with Crippen molar-refractivity contribution in [2.24, 2.45) is 23.7 Å². The third kappa shape index (κ3) is 3.58. The average Bonchev–Trinajstić information content (AvgIpc) is 3.59. The molecular formula is C32H35N3O2. The zero-order valence-electron chi connectivity index (χ0n) is 22.0. The predicted molar refractivity (Wildman–Crippen MR) is 147 cm³/mol. The Labute approximate surface area is 218 Å². The van der Waals surface area contributed by atoms with Crippen LogP contribution in [0.15, 0.2) is 78.0 Å². The van der Waals surface area contributed by atoms with Crippen molar-refractivity contribution in [1.82, 2.24) is 15.3 Å². The van der Waals surface area contributed by atoms with Crippen LogP contribution in [-0.4, -0.2) is 27.7 Å². The molecule has 2 bridgehead atoms. The highest BCUT2D eigenvalue weighted by molar-refractivity contribution is 6.07. The molecule has 4 heterocycles. The molecule has 6 rings (SSSR count). The minimum atomic E-state index is -0.801. The number of H-pyrrole nitrogens is 2. The zero-order chi connectivity index (χ0) is 25.9. The minimum Gasteiger partial charge on any atom is -0.361 e. The molecule has 1 spiro atoms. The summed E-state index contributed by atoms with van der Waals surface area (Å²) in [6.07, 6.45) is 12.4. The molecule has 2 aliphatic heterocycles. The van der Waals surface area contributed by atoms with Crippen molar-refractivity contribution in [2.75, 3.05) is 0 Å². The maximum atomic E-state index is 14.3. The Morgan fingerprint density at radius 2 is 1.84 bits per heavy atom. The van der Waals surface area contributed by atoms with Crippen LogP contribution in [0.4, 0.5) is 0 Å². The molecule has 1 fully saturated rings. The molecule has 190 valence electrons. The van der Waals surface area contributed by atoms with Crippen LogP contribution in [0.2, 0.25) is 0 Å². The lowest BCUT2D eigenvalue weighted by Gasteiger charge is -2.45. The third-order valence-electron chi connectivity index (χ3n) is 9.11. The van der Waals surface area contributed by atoms with Crippen LogP contribution < -0.4 is 5.32 Å². The number of hydrogen-bond donors (Lipinski definition) is 3. The van der Waals surface area contributed by atoms with Gasteiger partial charge in [0.05, 0.1) is 5.69 Å². The summed E-state index contributed by atoms with van der Waals surface area (Å²) < 4.78 is 0. The molecule has 3 aromatic rings. The molecule has 2 aromatic heterocycles. The molecule has 5 nitrogen and oxygen atoms in total. The third-order valence-corrected chi connectivity index (χ3v) is 9.11. The minimum absolute atomic E-state index is 0.00326. The summed E-state index contributed by atoms with van der Waals surface area (Å²) in [6.45, 7) is 8.46. The van der Waals surface area contributed by atoms with Crippen LogP contribution in [0.25, 0.3) is 10.9 Å². The van der Waals surface area contributed by atoms with Crippen LogP contribution in [0.3, 0.4) is 0 Å². The molecule has 6 atom stereocenters. The van der Waals surface area contributed by atoms with Gasteiger partial charge in [0.15, 0.2) is 0 Å². The number of fused-ring (bicyclic) bond motifs is 3. The van der Waals surface area contributed by atoms with Crippen molar-refractivity contribution in [3.8, 4) is 0 Å². The molecule has 0 radical (unpaired) electrons. The van der Waals surface area contributed by atoms with E-state index in [1.54, 1.807) is 0 Å². The van der Waals surface area contributed by atoms with Gasteiger partial charge in [0, 0.05) is 40.7 Å². The SMILES string of the molecule is CC1=C[C@@H]2/C=C/C[C@H](C)/C=C(\C)C(=O)c3ccc([nH]3)[C@]23C(=O)N[C@@H](Cc2c[nH]c4ccccc24)C3[C@@H]1C. The number of hydrogen-bond acceptors (Lipinski definition) is 2. The Morgan fingerprint density at radius 3 is 2.68 bits per heavy atom. The molecule has 0 saturated carbocycles. The topological polar surface area (TPSA) is 77.8 Å². The maximum Gasteiger partial charge on any atom is 0.233 e. The van der Waals surface area contributed by atoms with E-state index in [1.165, 1.54) is 16.5 Å². The van der Waals surface area contributed by atoms with E-state index in [1.807, 2.05) is 25.1 Å². The van der Waals surface area contributed by atoms with Crippen LogP contribution in [0.5, 0.6) is 0 Å². The van der Waals surface area contributed by atoms with E-state index in [0.717, 1.165) is 29.6 Å². The number of rotatable bonds is 2. The van der Waals surface area contributed by atoms with Crippen molar-refractivity contribution >= 4 is 22.6 Å². The summed E-state index contributed by atoms with van der Waals surface area (Å²) in [6, 6.07) is 12.1. The number of amides is 1. The highest BCUT2D eigenvalue weighted by Crippen LogP contribution is 2.55. The number of allylic oxidation sites excluding steroid dienone is 6. The number of carbonyl (C=O) groups excluding carboxylic acids is 2. The van der Waals surface area contributed by atoms with Crippen LogP contribution in [0.1, 0.15) is 55.9 Å². The van der Waals surface area contributed by atoms with E-state index in [2.05, 4.69) is 84.8 Å². The van der Waals surface area contributed by atoms with Crippen molar-refractivity contribution in [1.29, 1.82) is 0 Å². The Balaban J connectivity index is 1.51. The van der Waals surface area contributed by atoms with Crippen LogP contribution in [0, 0.1) is 23.7 Å². The van der Waals surface area contributed by atoms with Gasteiger partial charge in [0.25, 0.3) is 0 Å². The number of aromatic nitrogens is 2. The summed E-state index contributed by atoms with van der Waals surface area (Å²) in [5, 5.41) is 4.64. The summed E-state index contributed by atoms with van der Waals surface area (Å²) in [4.78, 5) is 34.3. The summed E-state index contributed by atoms with van der Waals surface area (Å²) in [5.74, 6) is 0.421. The van der Waals surface area contributed by atoms with Crippen molar-refractivity contribution < 1.29 is 9.59 Å². The number of aromatic amines is 2. The zero-order valence-corrected chi connectivity index (χ0v) is 22.0. The highest BCUT2D eigenvalue weighted by atomic mass is 16.2. The van der Waals surface area contributed by atoms with Gasteiger partial charge in [-0.1, -0.05) is 61.9 Å². The normalized spacial score (nSPS) is 33.9. The van der Waals surface area contributed by atoms with Crippen LogP contribution in [-0.2, 0) is 16.6 Å². The van der Waals surface area contributed by atoms with E-state index >= 15 is 0 Å². The smallest absolute Gasteiger partial charge is 0.233 e. The fourth-order valence-corrected chi connectivity index (χ4v) is 7.21. The Morgan fingerprint density at radius 1 is 1.03 bits per heavy atom. The van der Waals surface area contributed by atoms with Crippen LogP contribution >= 0.6 is 0 Å². The lowest BCUT2D eigenvalue weighted by Crippen LogP contribution is -2.50. The van der Waals surface area contributed by atoms with Gasteiger partial charge in [0.2, 0.25) is 11.7 Å². The number of ketones is 1. The number of para-hydroxylation sites is 1. The molecule has 3 N–H and O–H groups in total. The first-order valence-corrected chi connectivity index (χ1v) is 13.4. The fourth-order valence-electron chi connectivity index (χ4n) is 7.21. The molecule has 1 aliphatic carbocycles. The fraction of sp³-hybridized carbons (Fsp3) is 0.375. The molecule has 1 saturated heterocycles. The largest absolute Gasteiger partial charge is 0.361 e. The molecular weight excluding hydrogens is 458 g/mol. The number of nitrogens with one attached hydrogen (secondary N) is 3.